The van der Waals surface area contributed by atoms with Crippen LogP contribution in [0.1, 0.15) is 39.5 Å². The van der Waals surface area contributed by atoms with E-state index in [1.807, 2.05) is 0 Å². The Morgan fingerprint density at radius 2 is 1.69 bits per heavy atom. The van der Waals surface area contributed by atoms with E-state index in [4.69, 9.17) is 4.74 Å². The smallest absolute Gasteiger partial charge is 0.216 e. The van der Waals surface area contributed by atoms with Gasteiger partial charge in [0.15, 0.2) is 0 Å². The molecular formula is C11H21NO3S. The van der Waals surface area contributed by atoms with Crippen molar-refractivity contribution >= 4 is 10.0 Å². The second-order valence-electron chi connectivity index (χ2n) is 5.14. The van der Waals surface area contributed by atoms with Crippen LogP contribution < -0.4 is 0 Å². The zero-order valence-corrected chi connectivity index (χ0v) is 11.0. The minimum Gasteiger partial charge on any atom is -0.381 e. The number of piperidine rings is 1. The third-order valence-corrected chi connectivity index (χ3v) is 6.22. The molecular weight excluding hydrogens is 226 g/mol. The van der Waals surface area contributed by atoms with Crippen molar-refractivity contribution in [2.24, 2.45) is 0 Å². The van der Waals surface area contributed by atoms with E-state index >= 15 is 0 Å². The summed E-state index contributed by atoms with van der Waals surface area (Å²) in [5.41, 5.74) is 0. The topological polar surface area (TPSA) is 46.6 Å². The van der Waals surface area contributed by atoms with Crippen LogP contribution in [0.4, 0.5) is 0 Å². The third-order valence-electron chi connectivity index (χ3n) is 3.85. The molecule has 0 spiro atoms. The van der Waals surface area contributed by atoms with Crippen molar-refractivity contribution in [1.29, 1.82) is 0 Å². The molecule has 2 aliphatic heterocycles. The number of ether oxygens (including phenoxy) is 1. The van der Waals surface area contributed by atoms with Crippen LogP contribution in [0, 0.1) is 0 Å². The Morgan fingerprint density at radius 3 is 2.06 bits per heavy atom. The predicted octanol–water partition coefficient (Wildman–Crippen LogP) is 1.37. The summed E-state index contributed by atoms with van der Waals surface area (Å²) in [6.45, 7) is 3.52. The van der Waals surface area contributed by atoms with Crippen LogP contribution in [0.3, 0.4) is 0 Å². The molecule has 0 aliphatic carbocycles. The molecule has 2 fully saturated rings. The summed E-state index contributed by atoms with van der Waals surface area (Å²) in [6, 6.07) is 0.354. The lowest BCUT2D eigenvalue weighted by Crippen LogP contribution is -2.50. The van der Waals surface area contributed by atoms with E-state index in [0.717, 1.165) is 25.7 Å². The van der Waals surface area contributed by atoms with Crippen LogP contribution >= 0.6 is 0 Å². The number of methoxy groups -OCH3 is 1. The average Bonchev–Trinajstić information content (AvgIpc) is 2.50. The van der Waals surface area contributed by atoms with Crippen molar-refractivity contribution in [3.63, 3.8) is 0 Å². The van der Waals surface area contributed by atoms with E-state index in [2.05, 4.69) is 0 Å². The van der Waals surface area contributed by atoms with Gasteiger partial charge >= 0.3 is 0 Å². The fraction of sp³-hybridized carbons (Fsp3) is 1.00. The fourth-order valence-electron chi connectivity index (χ4n) is 2.94. The van der Waals surface area contributed by atoms with Gasteiger partial charge in [-0.3, -0.25) is 0 Å². The average molecular weight is 247 g/mol. The van der Waals surface area contributed by atoms with Crippen molar-refractivity contribution in [3.05, 3.63) is 0 Å². The highest BCUT2D eigenvalue weighted by Crippen LogP contribution is 2.39. The molecule has 0 aromatic heterocycles. The molecule has 2 rings (SSSR count). The van der Waals surface area contributed by atoms with Crippen molar-refractivity contribution in [2.75, 3.05) is 7.11 Å². The highest BCUT2D eigenvalue weighted by molar-refractivity contribution is 7.89. The third kappa shape index (κ3) is 1.89. The van der Waals surface area contributed by atoms with Crippen LogP contribution in [-0.2, 0) is 14.8 Å². The monoisotopic (exact) mass is 247 g/mol. The van der Waals surface area contributed by atoms with E-state index in [9.17, 15) is 8.42 Å². The molecule has 2 bridgehead atoms. The SMILES string of the molecule is COC1CC2CCC(C1)N2S(=O)(=O)C(C)C. The molecule has 5 heteroatoms. The Balaban J connectivity index is 2.21. The molecule has 94 valence electrons. The lowest BCUT2D eigenvalue weighted by Gasteiger charge is -2.38. The molecule has 16 heavy (non-hydrogen) atoms. The van der Waals surface area contributed by atoms with Gasteiger partial charge in [-0.25, -0.2) is 8.42 Å². The Kier molecular flexibility index (Phi) is 3.29. The van der Waals surface area contributed by atoms with Gasteiger partial charge in [0, 0.05) is 19.2 Å². The molecule has 0 aromatic rings. The van der Waals surface area contributed by atoms with Gasteiger partial charge in [-0.2, -0.15) is 4.31 Å². The molecule has 0 radical (unpaired) electrons. The highest BCUT2D eigenvalue weighted by Gasteiger charge is 2.47. The van der Waals surface area contributed by atoms with Gasteiger partial charge < -0.3 is 4.74 Å². The van der Waals surface area contributed by atoms with Gasteiger partial charge in [0.2, 0.25) is 10.0 Å². The van der Waals surface area contributed by atoms with E-state index in [-0.39, 0.29) is 23.4 Å². The number of fused-ring (bicyclic) bond motifs is 2. The molecule has 0 saturated carbocycles. The summed E-state index contributed by atoms with van der Waals surface area (Å²) in [5, 5.41) is -0.310. The normalized spacial score (nSPS) is 35.9. The van der Waals surface area contributed by atoms with Crippen molar-refractivity contribution < 1.29 is 13.2 Å². The molecule has 0 amide bonds. The highest BCUT2D eigenvalue weighted by atomic mass is 32.2. The van der Waals surface area contributed by atoms with Crippen LogP contribution in [0.5, 0.6) is 0 Å². The molecule has 0 aromatic carbocycles. The van der Waals surface area contributed by atoms with Gasteiger partial charge in [-0.1, -0.05) is 0 Å². The first kappa shape index (κ1) is 12.3. The number of nitrogens with zero attached hydrogens (tertiary/aromatic N) is 1. The van der Waals surface area contributed by atoms with Crippen LogP contribution in [-0.4, -0.2) is 43.3 Å². The lowest BCUT2D eigenvalue weighted by atomic mass is 10.0. The Morgan fingerprint density at radius 1 is 1.19 bits per heavy atom. The molecule has 2 atom stereocenters. The summed E-state index contributed by atoms with van der Waals surface area (Å²) >= 11 is 0. The first-order valence-electron chi connectivity index (χ1n) is 6.02. The predicted molar refractivity (Wildman–Crippen MR) is 62.7 cm³/mol. The van der Waals surface area contributed by atoms with Crippen molar-refractivity contribution in [1.82, 2.24) is 4.31 Å². The molecule has 2 heterocycles. The Bertz CT molecular complexity index is 338. The molecule has 4 nitrogen and oxygen atoms in total. The van der Waals surface area contributed by atoms with Gasteiger partial charge in [0.05, 0.1) is 11.4 Å². The van der Waals surface area contributed by atoms with E-state index < -0.39 is 10.0 Å². The van der Waals surface area contributed by atoms with E-state index in [1.165, 1.54) is 0 Å². The lowest BCUT2D eigenvalue weighted by molar-refractivity contribution is 0.0347. The molecule has 2 unspecified atom stereocenters. The van der Waals surface area contributed by atoms with Gasteiger partial charge in [-0.05, 0) is 39.5 Å². The maximum absolute atomic E-state index is 12.2. The summed E-state index contributed by atoms with van der Waals surface area (Å²) in [6.07, 6.45) is 3.96. The Hall–Kier alpha value is -0.130. The fourth-order valence-corrected chi connectivity index (χ4v) is 4.64. The number of hydrogen-bond donors (Lipinski definition) is 0. The molecule has 2 aliphatic rings. The standard InChI is InChI=1S/C11H21NO3S/c1-8(2)16(13,14)12-9-4-5-10(12)7-11(6-9)15-3/h8-11H,4-7H2,1-3H3. The van der Waals surface area contributed by atoms with Crippen LogP contribution in [0.15, 0.2) is 0 Å². The van der Waals surface area contributed by atoms with Crippen LogP contribution in [0.25, 0.3) is 0 Å². The Labute approximate surface area is 98.0 Å². The van der Waals surface area contributed by atoms with Crippen molar-refractivity contribution in [2.45, 2.75) is 63.0 Å². The first-order valence-corrected chi connectivity index (χ1v) is 7.52. The number of hydrogen-bond acceptors (Lipinski definition) is 3. The first-order chi connectivity index (χ1) is 7.46. The number of rotatable bonds is 3. The largest absolute Gasteiger partial charge is 0.381 e. The molecule has 0 N–H and O–H groups in total. The maximum atomic E-state index is 12.2. The zero-order chi connectivity index (χ0) is 11.9. The van der Waals surface area contributed by atoms with Crippen LogP contribution in [0.2, 0.25) is 0 Å². The van der Waals surface area contributed by atoms with Gasteiger partial charge in [0.1, 0.15) is 0 Å². The minimum atomic E-state index is -3.09. The summed E-state index contributed by atoms with van der Waals surface area (Å²) in [4.78, 5) is 0. The summed E-state index contributed by atoms with van der Waals surface area (Å²) in [7, 11) is -1.37. The summed E-state index contributed by atoms with van der Waals surface area (Å²) < 4.78 is 31.6. The second-order valence-corrected chi connectivity index (χ2v) is 7.53. The zero-order valence-electron chi connectivity index (χ0n) is 10.2. The minimum absolute atomic E-state index is 0.177. The molecule has 2 saturated heterocycles. The number of sulfonamides is 1. The maximum Gasteiger partial charge on any atom is 0.216 e. The van der Waals surface area contributed by atoms with Gasteiger partial charge in [0.25, 0.3) is 0 Å². The van der Waals surface area contributed by atoms with Gasteiger partial charge in [-0.15, -0.1) is 0 Å². The quantitative estimate of drug-likeness (QED) is 0.756. The summed E-state index contributed by atoms with van der Waals surface area (Å²) in [5.74, 6) is 0. The van der Waals surface area contributed by atoms with Crippen molar-refractivity contribution in [3.8, 4) is 0 Å². The second kappa shape index (κ2) is 4.27. The van der Waals surface area contributed by atoms with E-state index in [1.54, 1.807) is 25.3 Å². The van der Waals surface area contributed by atoms with E-state index in [0.29, 0.717) is 0 Å².